The van der Waals surface area contributed by atoms with Crippen LogP contribution in [0.15, 0.2) is 29.9 Å². The number of rotatable bonds is 3. The van der Waals surface area contributed by atoms with E-state index in [0.29, 0.717) is 0 Å². The van der Waals surface area contributed by atoms with Gasteiger partial charge in [0.2, 0.25) is 0 Å². The van der Waals surface area contributed by atoms with Crippen molar-refractivity contribution in [3.8, 4) is 11.3 Å². The van der Waals surface area contributed by atoms with Gasteiger partial charge in [-0.25, -0.2) is 4.98 Å². The van der Waals surface area contributed by atoms with Crippen molar-refractivity contribution in [3.63, 3.8) is 0 Å². The van der Waals surface area contributed by atoms with E-state index >= 15 is 0 Å². The van der Waals surface area contributed by atoms with Crippen molar-refractivity contribution in [3.05, 3.63) is 34.9 Å². The molecule has 0 N–H and O–H groups in total. The van der Waals surface area contributed by atoms with Gasteiger partial charge in [-0.1, -0.05) is 0 Å². The Labute approximate surface area is 96.9 Å². The smallest absolute Gasteiger partial charge is 0.312 e. The Morgan fingerprint density at radius 3 is 3.12 bits per heavy atom. The highest BCUT2D eigenvalue weighted by molar-refractivity contribution is 7.10. The number of carbonyl (C=O) groups is 1. The summed E-state index contributed by atoms with van der Waals surface area (Å²) in [6.07, 6.45) is 3.68. The Balaban J connectivity index is 2.17. The Bertz CT molecular complexity index is 482. The lowest BCUT2D eigenvalue weighted by molar-refractivity contribution is -0.139. The molecule has 0 radical (unpaired) electrons. The molecule has 0 unspecified atom stereocenters. The monoisotopic (exact) mass is 234 g/mol. The lowest BCUT2D eigenvalue weighted by Gasteiger charge is -1.95. The van der Waals surface area contributed by atoms with Gasteiger partial charge in [-0.2, -0.15) is 0 Å². The third kappa shape index (κ3) is 2.43. The maximum Gasteiger partial charge on any atom is 0.312 e. The predicted octanol–water partition coefficient (Wildman–Crippen LogP) is 1.92. The second-order valence-corrected chi connectivity index (χ2v) is 4.06. The van der Waals surface area contributed by atoms with Crippen molar-refractivity contribution in [2.45, 2.75) is 6.42 Å². The second kappa shape index (κ2) is 4.85. The van der Waals surface area contributed by atoms with Gasteiger partial charge < -0.3 is 4.74 Å². The molecule has 2 heterocycles. The SMILES string of the molecule is COC(=O)Cc1nc(-c2cccnc2)cs1. The summed E-state index contributed by atoms with van der Waals surface area (Å²) in [6.45, 7) is 0. The van der Waals surface area contributed by atoms with Crippen LogP contribution in [-0.4, -0.2) is 23.0 Å². The summed E-state index contributed by atoms with van der Waals surface area (Å²) in [6, 6.07) is 3.79. The van der Waals surface area contributed by atoms with Gasteiger partial charge >= 0.3 is 5.97 Å². The van der Waals surface area contributed by atoms with E-state index in [9.17, 15) is 4.79 Å². The molecule has 0 aliphatic rings. The largest absolute Gasteiger partial charge is 0.469 e. The Morgan fingerprint density at radius 1 is 1.56 bits per heavy atom. The zero-order valence-electron chi connectivity index (χ0n) is 8.71. The molecule has 0 aliphatic heterocycles. The van der Waals surface area contributed by atoms with Crippen LogP contribution in [0.3, 0.4) is 0 Å². The second-order valence-electron chi connectivity index (χ2n) is 3.12. The summed E-state index contributed by atoms with van der Waals surface area (Å²) in [5, 5.41) is 2.67. The summed E-state index contributed by atoms with van der Waals surface area (Å²) >= 11 is 1.45. The fourth-order valence-corrected chi connectivity index (χ4v) is 2.02. The van der Waals surface area contributed by atoms with Crippen molar-refractivity contribution in [2.24, 2.45) is 0 Å². The number of esters is 1. The molecule has 0 aromatic carbocycles. The quantitative estimate of drug-likeness (QED) is 0.761. The maximum atomic E-state index is 11.1. The molecule has 0 fully saturated rings. The number of ether oxygens (including phenoxy) is 1. The van der Waals surface area contributed by atoms with Crippen molar-refractivity contribution in [1.29, 1.82) is 0 Å². The Hall–Kier alpha value is -1.75. The standard InChI is InChI=1S/C11H10N2O2S/c1-15-11(14)5-10-13-9(7-16-10)8-3-2-4-12-6-8/h2-4,6-7H,5H2,1H3. The molecule has 2 rings (SSSR count). The molecule has 16 heavy (non-hydrogen) atoms. The van der Waals surface area contributed by atoms with Gasteiger partial charge in [0, 0.05) is 23.3 Å². The molecule has 0 saturated carbocycles. The van der Waals surface area contributed by atoms with Gasteiger partial charge in [0.15, 0.2) is 0 Å². The predicted molar refractivity (Wildman–Crippen MR) is 61.1 cm³/mol. The lowest BCUT2D eigenvalue weighted by atomic mass is 10.2. The van der Waals surface area contributed by atoms with E-state index in [1.165, 1.54) is 18.4 Å². The molecule has 0 spiro atoms. The van der Waals surface area contributed by atoms with Crippen molar-refractivity contribution in [2.75, 3.05) is 7.11 Å². The summed E-state index contributed by atoms with van der Waals surface area (Å²) in [7, 11) is 1.37. The van der Waals surface area contributed by atoms with E-state index in [2.05, 4.69) is 14.7 Å². The van der Waals surface area contributed by atoms with Crippen molar-refractivity contribution >= 4 is 17.3 Å². The molecule has 4 nitrogen and oxygen atoms in total. The van der Waals surface area contributed by atoms with Crippen LogP contribution in [0.25, 0.3) is 11.3 Å². The number of carbonyl (C=O) groups excluding carboxylic acids is 1. The van der Waals surface area contributed by atoms with Crippen LogP contribution in [-0.2, 0) is 16.0 Å². The minimum atomic E-state index is -0.271. The van der Waals surface area contributed by atoms with Gasteiger partial charge in [-0.15, -0.1) is 11.3 Å². The molecule has 0 aliphatic carbocycles. The van der Waals surface area contributed by atoms with Crippen LogP contribution in [0.4, 0.5) is 0 Å². The van der Waals surface area contributed by atoms with Gasteiger partial charge in [0.1, 0.15) is 5.01 Å². The van der Waals surface area contributed by atoms with Gasteiger partial charge in [-0.3, -0.25) is 9.78 Å². The number of aromatic nitrogens is 2. The van der Waals surface area contributed by atoms with Crippen LogP contribution >= 0.6 is 11.3 Å². The summed E-state index contributed by atoms with van der Waals surface area (Å²) in [5.74, 6) is -0.271. The highest BCUT2D eigenvalue weighted by Gasteiger charge is 2.08. The van der Waals surface area contributed by atoms with E-state index in [0.717, 1.165) is 16.3 Å². The molecule has 82 valence electrons. The van der Waals surface area contributed by atoms with E-state index in [4.69, 9.17) is 0 Å². The highest BCUT2D eigenvalue weighted by Crippen LogP contribution is 2.21. The fourth-order valence-electron chi connectivity index (χ4n) is 1.23. The zero-order chi connectivity index (χ0) is 11.4. The summed E-state index contributed by atoms with van der Waals surface area (Å²) in [4.78, 5) is 19.4. The van der Waals surface area contributed by atoms with Crippen molar-refractivity contribution < 1.29 is 9.53 Å². The van der Waals surface area contributed by atoms with Crippen molar-refractivity contribution in [1.82, 2.24) is 9.97 Å². The number of methoxy groups -OCH3 is 1. The summed E-state index contributed by atoms with van der Waals surface area (Å²) in [5.41, 5.74) is 1.80. The third-order valence-corrected chi connectivity index (χ3v) is 2.88. The average Bonchev–Trinajstić information content (AvgIpc) is 2.78. The number of nitrogens with zero attached hydrogens (tertiary/aromatic N) is 2. The Kier molecular flexibility index (Phi) is 3.26. The molecule has 2 aromatic heterocycles. The first-order valence-corrected chi connectivity index (χ1v) is 5.59. The molecule has 0 bridgehead atoms. The molecule has 5 heteroatoms. The maximum absolute atomic E-state index is 11.1. The molecule has 0 amide bonds. The minimum absolute atomic E-state index is 0.224. The zero-order valence-corrected chi connectivity index (χ0v) is 9.53. The number of hydrogen-bond acceptors (Lipinski definition) is 5. The van der Waals surface area contributed by atoms with E-state index < -0.39 is 0 Å². The first kappa shape index (κ1) is 10.8. The fraction of sp³-hybridized carbons (Fsp3) is 0.182. The third-order valence-electron chi connectivity index (χ3n) is 2.03. The summed E-state index contributed by atoms with van der Waals surface area (Å²) < 4.78 is 4.58. The molecule has 2 aromatic rings. The van der Waals surface area contributed by atoms with E-state index in [1.807, 2.05) is 17.5 Å². The molecule has 0 saturated heterocycles. The van der Waals surface area contributed by atoms with Gasteiger partial charge in [0.25, 0.3) is 0 Å². The first-order valence-electron chi connectivity index (χ1n) is 4.71. The van der Waals surface area contributed by atoms with Crippen LogP contribution in [0, 0.1) is 0 Å². The van der Waals surface area contributed by atoms with Crippen LogP contribution in [0.5, 0.6) is 0 Å². The van der Waals surface area contributed by atoms with Gasteiger partial charge in [-0.05, 0) is 12.1 Å². The lowest BCUT2D eigenvalue weighted by Crippen LogP contribution is -2.03. The van der Waals surface area contributed by atoms with E-state index in [1.54, 1.807) is 12.4 Å². The first-order chi connectivity index (χ1) is 7.79. The number of hydrogen-bond donors (Lipinski definition) is 0. The molecule has 0 atom stereocenters. The van der Waals surface area contributed by atoms with Crippen LogP contribution in [0.2, 0.25) is 0 Å². The highest BCUT2D eigenvalue weighted by atomic mass is 32.1. The normalized spacial score (nSPS) is 10.1. The topological polar surface area (TPSA) is 52.1 Å². The number of pyridine rings is 1. The average molecular weight is 234 g/mol. The molecular formula is C11H10N2O2S. The van der Waals surface area contributed by atoms with Crippen LogP contribution < -0.4 is 0 Å². The van der Waals surface area contributed by atoms with Crippen LogP contribution in [0.1, 0.15) is 5.01 Å². The molecular weight excluding hydrogens is 224 g/mol. The van der Waals surface area contributed by atoms with Gasteiger partial charge in [0.05, 0.1) is 19.2 Å². The Morgan fingerprint density at radius 2 is 2.44 bits per heavy atom. The number of thiazole rings is 1. The minimum Gasteiger partial charge on any atom is -0.469 e. The van der Waals surface area contributed by atoms with E-state index in [-0.39, 0.29) is 12.4 Å².